The minimum atomic E-state index is -0.858. The van der Waals surface area contributed by atoms with Gasteiger partial charge in [-0.1, -0.05) is 58.0 Å². The smallest absolute Gasteiger partial charge is 0.407 e. The van der Waals surface area contributed by atoms with E-state index in [4.69, 9.17) is 10.5 Å². The summed E-state index contributed by atoms with van der Waals surface area (Å²) in [6.07, 6.45) is 0.0242. The molecule has 31 heavy (non-hydrogen) atoms. The molecule has 0 bridgehead atoms. The van der Waals surface area contributed by atoms with Crippen molar-refractivity contribution in [1.82, 2.24) is 16.0 Å². The molecule has 0 fully saturated rings. The van der Waals surface area contributed by atoms with Gasteiger partial charge in [0, 0.05) is 0 Å². The molecule has 0 spiro atoms. The van der Waals surface area contributed by atoms with Gasteiger partial charge in [-0.05, 0) is 30.2 Å². The number of carbonyl (C=O) groups excluding carboxylic acids is 4. The Balaban J connectivity index is 2.57. The molecule has 1 aromatic carbocycles. The third kappa shape index (κ3) is 11.0. The second-order valence-electron chi connectivity index (χ2n) is 8.26. The first-order chi connectivity index (χ1) is 14.6. The van der Waals surface area contributed by atoms with Gasteiger partial charge < -0.3 is 26.4 Å². The molecule has 0 radical (unpaired) electrons. The maximum atomic E-state index is 12.7. The fraction of sp³-hybridized carbons (Fsp3) is 0.545. The highest BCUT2D eigenvalue weighted by Crippen LogP contribution is 2.08. The number of primary amides is 1. The molecule has 0 aliphatic heterocycles. The number of benzene rings is 1. The summed E-state index contributed by atoms with van der Waals surface area (Å²) in [6.45, 7) is 7.38. The van der Waals surface area contributed by atoms with Gasteiger partial charge in [0.25, 0.3) is 0 Å². The van der Waals surface area contributed by atoms with Gasteiger partial charge in [0.1, 0.15) is 25.2 Å². The van der Waals surface area contributed by atoms with Crippen LogP contribution in [-0.2, 0) is 25.7 Å². The zero-order valence-electron chi connectivity index (χ0n) is 18.6. The molecule has 2 atom stereocenters. The number of carbonyl (C=O) groups is 4. The number of amides is 4. The first-order valence-corrected chi connectivity index (χ1v) is 10.4. The molecular formula is C22H34N4O5. The van der Waals surface area contributed by atoms with Gasteiger partial charge >= 0.3 is 6.09 Å². The number of hydrogen-bond acceptors (Lipinski definition) is 5. The van der Waals surface area contributed by atoms with Crippen molar-refractivity contribution in [2.45, 2.75) is 59.2 Å². The molecular weight excluding hydrogens is 400 g/mol. The maximum Gasteiger partial charge on any atom is 0.407 e. The van der Waals surface area contributed by atoms with Gasteiger partial charge in [0.15, 0.2) is 0 Å². The highest BCUT2D eigenvalue weighted by molar-refractivity contribution is 5.92. The van der Waals surface area contributed by atoms with E-state index in [0.717, 1.165) is 5.56 Å². The predicted molar refractivity (Wildman–Crippen MR) is 117 cm³/mol. The molecule has 0 aliphatic rings. The van der Waals surface area contributed by atoms with Crippen molar-refractivity contribution >= 4 is 23.8 Å². The summed E-state index contributed by atoms with van der Waals surface area (Å²) < 4.78 is 5.05. The van der Waals surface area contributed by atoms with Crippen molar-refractivity contribution in [1.29, 1.82) is 0 Å². The Morgan fingerprint density at radius 3 is 2.03 bits per heavy atom. The van der Waals surface area contributed by atoms with Crippen LogP contribution in [0, 0.1) is 11.8 Å². The van der Waals surface area contributed by atoms with Gasteiger partial charge in [-0.2, -0.15) is 0 Å². The SMILES string of the molecule is CC(C)CC(NC(=O)C(CC(C)C)NC(=O)CNC(=O)OCc1ccccc1)C(N)=O. The molecule has 0 saturated carbocycles. The number of hydrogen-bond donors (Lipinski definition) is 4. The molecule has 1 rings (SSSR count). The predicted octanol–water partition coefficient (Wildman–Crippen LogP) is 1.46. The van der Waals surface area contributed by atoms with Gasteiger partial charge in [-0.3, -0.25) is 14.4 Å². The molecule has 1 aromatic rings. The van der Waals surface area contributed by atoms with E-state index in [9.17, 15) is 19.2 Å². The lowest BCUT2D eigenvalue weighted by atomic mass is 10.0. The van der Waals surface area contributed by atoms with Crippen molar-refractivity contribution in [3.05, 3.63) is 35.9 Å². The molecule has 0 saturated heterocycles. The van der Waals surface area contributed by atoms with Crippen LogP contribution >= 0.6 is 0 Å². The first kappa shape index (κ1) is 25.9. The van der Waals surface area contributed by atoms with Gasteiger partial charge in [-0.25, -0.2) is 4.79 Å². The van der Waals surface area contributed by atoms with Gasteiger partial charge in [0.05, 0.1) is 0 Å². The highest BCUT2D eigenvalue weighted by atomic mass is 16.5. The van der Waals surface area contributed by atoms with Crippen LogP contribution in [0.3, 0.4) is 0 Å². The zero-order chi connectivity index (χ0) is 23.4. The summed E-state index contributed by atoms with van der Waals surface area (Å²) in [5.41, 5.74) is 6.21. The second kappa shape index (κ2) is 13.3. The Labute approximate surface area is 183 Å². The molecule has 4 amide bonds. The van der Waals surface area contributed by atoms with Crippen LogP contribution in [-0.4, -0.2) is 42.4 Å². The van der Waals surface area contributed by atoms with E-state index in [-0.39, 0.29) is 25.0 Å². The van der Waals surface area contributed by atoms with Crippen molar-refractivity contribution in [2.75, 3.05) is 6.54 Å². The standard InChI is InChI=1S/C22H34N4O5/c1-14(2)10-17(20(23)28)26-21(29)18(11-15(3)4)25-19(27)12-24-22(30)31-13-16-8-6-5-7-9-16/h5-9,14-15,17-18H,10-13H2,1-4H3,(H2,23,28)(H,24,30)(H,25,27)(H,26,29). The summed E-state index contributed by atoms with van der Waals surface area (Å²) in [6, 6.07) is 7.46. The lowest BCUT2D eigenvalue weighted by Crippen LogP contribution is -2.54. The number of nitrogens with one attached hydrogen (secondary N) is 3. The van der Waals surface area contributed by atoms with Crippen molar-refractivity contribution in [2.24, 2.45) is 17.6 Å². The molecule has 2 unspecified atom stereocenters. The van der Waals surface area contributed by atoms with Crippen LogP contribution in [0.15, 0.2) is 30.3 Å². The summed E-state index contributed by atoms with van der Waals surface area (Å²) in [4.78, 5) is 48.4. The van der Waals surface area contributed by atoms with Crippen molar-refractivity contribution in [3.8, 4) is 0 Å². The Bertz CT molecular complexity index is 737. The third-order valence-electron chi connectivity index (χ3n) is 4.33. The summed E-state index contributed by atoms with van der Waals surface area (Å²) >= 11 is 0. The first-order valence-electron chi connectivity index (χ1n) is 10.4. The maximum absolute atomic E-state index is 12.7. The lowest BCUT2D eigenvalue weighted by Gasteiger charge is -2.24. The normalized spacial score (nSPS) is 12.7. The number of nitrogens with two attached hydrogens (primary N) is 1. The zero-order valence-corrected chi connectivity index (χ0v) is 18.6. The number of rotatable bonds is 12. The summed E-state index contributed by atoms with van der Waals surface area (Å²) in [5, 5.41) is 7.58. The van der Waals surface area contributed by atoms with E-state index >= 15 is 0 Å². The minimum absolute atomic E-state index is 0.0804. The van der Waals surface area contributed by atoms with E-state index in [1.165, 1.54) is 0 Å². The molecule has 0 aliphatic carbocycles. The number of alkyl carbamates (subject to hydrolysis) is 1. The fourth-order valence-corrected chi connectivity index (χ4v) is 2.86. The highest BCUT2D eigenvalue weighted by Gasteiger charge is 2.26. The van der Waals surface area contributed by atoms with Crippen LogP contribution < -0.4 is 21.7 Å². The monoisotopic (exact) mass is 434 g/mol. The van der Waals surface area contributed by atoms with Crippen LogP contribution in [0.4, 0.5) is 4.79 Å². The van der Waals surface area contributed by atoms with E-state index in [1.54, 1.807) is 0 Å². The van der Waals surface area contributed by atoms with E-state index < -0.39 is 35.9 Å². The Hall–Kier alpha value is -3.10. The van der Waals surface area contributed by atoms with Crippen molar-refractivity contribution < 1.29 is 23.9 Å². The number of ether oxygens (including phenoxy) is 1. The van der Waals surface area contributed by atoms with Crippen LogP contribution in [0.1, 0.15) is 46.1 Å². The van der Waals surface area contributed by atoms with E-state index in [0.29, 0.717) is 12.8 Å². The van der Waals surface area contributed by atoms with Gasteiger partial charge in [0.2, 0.25) is 17.7 Å². The van der Waals surface area contributed by atoms with E-state index in [1.807, 2.05) is 58.0 Å². The average Bonchev–Trinajstić information content (AvgIpc) is 2.69. The largest absolute Gasteiger partial charge is 0.445 e. The molecule has 0 aromatic heterocycles. The van der Waals surface area contributed by atoms with Crippen molar-refractivity contribution in [3.63, 3.8) is 0 Å². The average molecular weight is 435 g/mol. The quantitative estimate of drug-likeness (QED) is 0.394. The molecule has 9 heteroatoms. The van der Waals surface area contributed by atoms with Gasteiger partial charge in [-0.15, -0.1) is 0 Å². The minimum Gasteiger partial charge on any atom is -0.445 e. The van der Waals surface area contributed by atoms with Crippen LogP contribution in [0.2, 0.25) is 0 Å². The topological polar surface area (TPSA) is 140 Å². The second-order valence-corrected chi connectivity index (χ2v) is 8.26. The third-order valence-corrected chi connectivity index (χ3v) is 4.33. The Kier molecular flexibility index (Phi) is 11.1. The molecule has 172 valence electrons. The Morgan fingerprint density at radius 1 is 0.903 bits per heavy atom. The Morgan fingerprint density at radius 2 is 1.48 bits per heavy atom. The molecule has 9 nitrogen and oxygen atoms in total. The summed E-state index contributed by atoms with van der Waals surface area (Å²) in [7, 11) is 0. The molecule has 5 N–H and O–H groups in total. The lowest BCUT2D eigenvalue weighted by molar-refractivity contribution is -0.131. The summed E-state index contributed by atoms with van der Waals surface area (Å²) in [5.74, 6) is -1.39. The van der Waals surface area contributed by atoms with E-state index in [2.05, 4.69) is 16.0 Å². The van der Waals surface area contributed by atoms with Crippen LogP contribution in [0.5, 0.6) is 0 Å². The fourth-order valence-electron chi connectivity index (χ4n) is 2.86. The van der Waals surface area contributed by atoms with Crippen LogP contribution in [0.25, 0.3) is 0 Å². The molecule has 0 heterocycles.